The molecule has 0 aliphatic heterocycles. The van der Waals surface area contributed by atoms with Crippen molar-refractivity contribution < 1.29 is 78.3 Å². The molecular formula is C36H61N11O16S. The first-order valence-electron chi connectivity index (χ1n) is 19.8. The Hall–Kier alpha value is -6.29. The second kappa shape index (κ2) is 29.9. The highest BCUT2D eigenvalue weighted by Crippen LogP contribution is 2.10. The number of carboxylic acids is 4. The summed E-state index contributed by atoms with van der Waals surface area (Å²) in [6.07, 6.45) is -2.14. The zero-order chi connectivity index (χ0) is 49.3. The van der Waals surface area contributed by atoms with Gasteiger partial charge in [0.15, 0.2) is 5.96 Å². The van der Waals surface area contributed by atoms with E-state index in [-0.39, 0.29) is 37.5 Å². The third kappa shape index (κ3) is 23.2. The average molecular weight is 936 g/mol. The van der Waals surface area contributed by atoms with Gasteiger partial charge in [-0.3, -0.25) is 52.9 Å². The first-order chi connectivity index (χ1) is 29.8. The van der Waals surface area contributed by atoms with Crippen molar-refractivity contribution in [1.82, 2.24) is 37.2 Å². The number of aliphatic imine (C=N–C) groups is 1. The van der Waals surface area contributed by atoms with Crippen molar-refractivity contribution in [2.24, 2.45) is 28.1 Å². The van der Waals surface area contributed by atoms with Crippen LogP contribution in [0.2, 0.25) is 0 Å². The SMILES string of the molecule is CSCC[C@H](NC(=O)[C@H](CCCN=C(N)N)NC(=O)[C@H](CO)NC(=O)[C@H](C)N)C(=O)N[C@@H](CCC(=O)O)C(=O)N[C@@H](CCC(=O)O)C(=O)N[C@H](C(=O)N[C@@H](CC(=O)O)C(=O)O)C(C)C. The van der Waals surface area contributed by atoms with Crippen LogP contribution in [0.4, 0.5) is 0 Å². The fourth-order valence-corrected chi connectivity index (χ4v) is 5.83. The molecule has 0 rings (SSSR count). The molecule has 0 heterocycles. The number of hydrogen-bond acceptors (Lipinski definition) is 15. The van der Waals surface area contributed by atoms with Crippen LogP contribution in [0, 0.1) is 5.92 Å². The Bertz CT molecular complexity index is 1700. The number of guanidine groups is 1. The Morgan fingerprint density at radius 1 is 0.547 bits per heavy atom. The molecule has 8 atom stereocenters. The van der Waals surface area contributed by atoms with Crippen molar-refractivity contribution >= 4 is 82.9 Å². The number of aliphatic hydroxyl groups excluding tert-OH is 1. The van der Waals surface area contributed by atoms with Gasteiger partial charge < -0.3 is 80.0 Å². The molecule has 0 saturated carbocycles. The van der Waals surface area contributed by atoms with Crippen LogP contribution in [0.15, 0.2) is 4.99 Å². The number of amides is 7. The molecule has 28 heteroatoms. The number of nitrogens with two attached hydrogens (primary N) is 3. The minimum absolute atomic E-state index is 0.00161. The molecule has 0 spiro atoms. The molecule has 0 aromatic rings. The van der Waals surface area contributed by atoms with Gasteiger partial charge >= 0.3 is 23.9 Å². The van der Waals surface area contributed by atoms with E-state index in [1.165, 1.54) is 32.5 Å². The van der Waals surface area contributed by atoms with E-state index in [2.05, 4.69) is 36.9 Å². The molecule has 362 valence electrons. The summed E-state index contributed by atoms with van der Waals surface area (Å²) in [6, 6.07) is -12.4. The van der Waals surface area contributed by atoms with E-state index in [1.807, 2.05) is 5.32 Å². The van der Waals surface area contributed by atoms with Crippen molar-refractivity contribution in [3.63, 3.8) is 0 Å². The Labute approximate surface area is 371 Å². The number of hydrogen-bond donors (Lipinski definition) is 15. The van der Waals surface area contributed by atoms with Crippen LogP contribution in [0.1, 0.15) is 72.1 Å². The Kier molecular flexibility index (Phi) is 27.0. The zero-order valence-corrected chi connectivity index (χ0v) is 36.6. The van der Waals surface area contributed by atoms with Crippen molar-refractivity contribution in [1.29, 1.82) is 0 Å². The van der Waals surface area contributed by atoms with Gasteiger partial charge in [0.05, 0.1) is 19.1 Å². The summed E-state index contributed by atoms with van der Waals surface area (Å²) in [5.41, 5.74) is 16.3. The Morgan fingerprint density at radius 3 is 1.33 bits per heavy atom. The molecular weight excluding hydrogens is 875 g/mol. The summed E-state index contributed by atoms with van der Waals surface area (Å²) in [4.78, 5) is 143. The fraction of sp³-hybridized carbons (Fsp3) is 0.667. The highest BCUT2D eigenvalue weighted by atomic mass is 32.2. The van der Waals surface area contributed by atoms with E-state index >= 15 is 0 Å². The van der Waals surface area contributed by atoms with Crippen molar-refractivity contribution in [3.05, 3.63) is 0 Å². The second-order valence-electron chi connectivity index (χ2n) is 14.6. The predicted octanol–water partition coefficient (Wildman–Crippen LogP) is -5.53. The molecule has 0 fully saturated rings. The number of rotatable bonds is 32. The monoisotopic (exact) mass is 935 g/mol. The predicted molar refractivity (Wildman–Crippen MR) is 226 cm³/mol. The highest BCUT2D eigenvalue weighted by molar-refractivity contribution is 7.98. The Balaban J connectivity index is 6.63. The maximum absolute atomic E-state index is 13.8. The van der Waals surface area contributed by atoms with Gasteiger partial charge in [-0.25, -0.2) is 4.79 Å². The molecule has 0 saturated heterocycles. The third-order valence-corrected chi connectivity index (χ3v) is 9.49. The lowest BCUT2D eigenvalue weighted by molar-refractivity contribution is -0.147. The van der Waals surface area contributed by atoms with Gasteiger partial charge in [0.1, 0.15) is 42.3 Å². The summed E-state index contributed by atoms with van der Waals surface area (Å²) >= 11 is 1.25. The number of carbonyl (C=O) groups is 11. The maximum Gasteiger partial charge on any atom is 0.326 e. The van der Waals surface area contributed by atoms with Crippen molar-refractivity contribution in [2.45, 2.75) is 120 Å². The van der Waals surface area contributed by atoms with Crippen molar-refractivity contribution in [3.8, 4) is 0 Å². The molecule has 0 aromatic heterocycles. The quantitative estimate of drug-likeness (QED) is 0.0170. The summed E-state index contributed by atoms with van der Waals surface area (Å²) in [5, 5.41) is 63.0. The van der Waals surface area contributed by atoms with E-state index in [0.29, 0.717) is 0 Å². The van der Waals surface area contributed by atoms with Gasteiger partial charge in [-0.05, 0) is 57.0 Å². The lowest BCUT2D eigenvalue weighted by atomic mass is 10.0. The topological polar surface area (TPSA) is 464 Å². The van der Waals surface area contributed by atoms with Gasteiger partial charge in [0.2, 0.25) is 41.4 Å². The van der Waals surface area contributed by atoms with E-state index in [1.54, 1.807) is 6.26 Å². The largest absolute Gasteiger partial charge is 0.481 e. The van der Waals surface area contributed by atoms with E-state index in [9.17, 15) is 73.2 Å². The molecule has 0 radical (unpaired) electrons. The molecule has 7 amide bonds. The van der Waals surface area contributed by atoms with Crippen LogP contribution in [-0.4, -0.2) is 170 Å². The second-order valence-corrected chi connectivity index (χ2v) is 15.6. The number of nitrogens with one attached hydrogen (secondary N) is 7. The van der Waals surface area contributed by atoms with Gasteiger partial charge in [0, 0.05) is 19.4 Å². The normalized spacial score (nSPS) is 14.6. The van der Waals surface area contributed by atoms with Gasteiger partial charge in [0.25, 0.3) is 0 Å². The van der Waals surface area contributed by atoms with Crippen molar-refractivity contribution in [2.75, 3.05) is 25.2 Å². The lowest BCUT2D eigenvalue weighted by Crippen LogP contribution is -2.60. The number of thioether (sulfide) groups is 1. The standard InChI is InChI=1S/C36H61N11O16S/c1-16(2)27(34(61)45-22(35(62)63)14-26(53)54)47-32(59)20(8-10-25(51)52)43-30(57)19(7-9-24(49)50)42-31(58)21(11-13-64-4)44-29(56)18(6-5-12-40-36(38)39)41-33(60)23(15-48)46-28(55)17(3)37/h16-23,27,48H,5-15,37H2,1-4H3,(H,41,60)(H,42,58)(H,43,57)(H,44,56)(H,45,61)(H,46,55)(H,47,59)(H,49,50)(H,51,52)(H,53,54)(H,62,63)(H4,38,39,40)/t17-,18-,19-,20-,21-,22-,23-,27-/m0/s1. The zero-order valence-electron chi connectivity index (χ0n) is 35.8. The van der Waals surface area contributed by atoms with Gasteiger partial charge in [-0.15, -0.1) is 0 Å². The van der Waals surface area contributed by atoms with E-state index in [4.69, 9.17) is 22.3 Å². The summed E-state index contributed by atoms with van der Waals surface area (Å²) in [7, 11) is 0. The molecule has 18 N–H and O–H groups in total. The summed E-state index contributed by atoms with van der Waals surface area (Å²) in [5.74, 6) is -14.1. The Morgan fingerprint density at radius 2 is 0.953 bits per heavy atom. The van der Waals surface area contributed by atoms with Crippen LogP contribution in [0.5, 0.6) is 0 Å². The van der Waals surface area contributed by atoms with Crippen LogP contribution < -0.4 is 54.4 Å². The van der Waals surface area contributed by atoms with E-state index in [0.717, 1.165) is 0 Å². The van der Waals surface area contributed by atoms with Crippen LogP contribution in [-0.2, 0) is 52.7 Å². The molecule has 0 aliphatic carbocycles. The van der Waals surface area contributed by atoms with Gasteiger partial charge in [-0.1, -0.05) is 13.8 Å². The average Bonchev–Trinajstić information content (AvgIpc) is 3.19. The van der Waals surface area contributed by atoms with Crippen LogP contribution in [0.3, 0.4) is 0 Å². The summed E-state index contributed by atoms with van der Waals surface area (Å²) in [6.45, 7) is 3.30. The fourth-order valence-electron chi connectivity index (χ4n) is 5.36. The minimum atomic E-state index is -1.90. The first-order valence-corrected chi connectivity index (χ1v) is 21.2. The number of aliphatic carboxylic acids is 4. The third-order valence-electron chi connectivity index (χ3n) is 8.85. The summed E-state index contributed by atoms with van der Waals surface area (Å²) < 4.78 is 0. The molecule has 0 bridgehead atoms. The maximum atomic E-state index is 13.8. The smallest absolute Gasteiger partial charge is 0.326 e. The number of nitrogens with zero attached hydrogens (tertiary/aromatic N) is 1. The molecule has 0 aliphatic rings. The van der Waals surface area contributed by atoms with Crippen LogP contribution in [0.25, 0.3) is 0 Å². The number of carboxylic acid groups (broad SMARTS) is 4. The molecule has 64 heavy (non-hydrogen) atoms. The molecule has 27 nitrogen and oxygen atoms in total. The first kappa shape index (κ1) is 57.7. The molecule has 0 unspecified atom stereocenters. The highest BCUT2D eigenvalue weighted by Gasteiger charge is 2.35. The number of carbonyl (C=O) groups excluding carboxylic acids is 7. The lowest BCUT2D eigenvalue weighted by Gasteiger charge is -2.28. The van der Waals surface area contributed by atoms with E-state index < -0.39 is 158 Å². The van der Waals surface area contributed by atoms with Gasteiger partial charge in [-0.2, -0.15) is 11.8 Å². The molecule has 0 aromatic carbocycles. The minimum Gasteiger partial charge on any atom is -0.481 e. The van der Waals surface area contributed by atoms with Crippen LogP contribution >= 0.6 is 11.8 Å². The number of aliphatic hydroxyl groups is 1.